The normalized spacial score (nSPS) is 15.4. The summed E-state index contributed by atoms with van der Waals surface area (Å²) in [6, 6.07) is 12.8. The Morgan fingerprint density at radius 3 is 2.58 bits per heavy atom. The molecule has 2 N–H and O–H groups in total. The van der Waals surface area contributed by atoms with Gasteiger partial charge in [-0.1, -0.05) is 24.3 Å². The number of methoxy groups -OCH3 is 1. The molecule has 2 heterocycles. The van der Waals surface area contributed by atoms with Crippen molar-refractivity contribution < 1.29 is 32.2 Å². The molecule has 218 valence electrons. The van der Waals surface area contributed by atoms with Crippen molar-refractivity contribution in [2.24, 2.45) is 5.92 Å². The van der Waals surface area contributed by atoms with E-state index in [4.69, 9.17) is 9.47 Å². The van der Waals surface area contributed by atoms with Gasteiger partial charge in [-0.25, -0.2) is 9.48 Å². The van der Waals surface area contributed by atoms with E-state index in [1.807, 2.05) is 30.3 Å². The number of anilines is 1. The summed E-state index contributed by atoms with van der Waals surface area (Å²) in [7, 11) is 3.55. The highest BCUT2D eigenvalue weighted by molar-refractivity contribution is 5.89. The molecule has 0 bridgehead atoms. The Hall–Kier alpha value is -3.48. The van der Waals surface area contributed by atoms with Crippen molar-refractivity contribution in [2.75, 3.05) is 39.2 Å². The zero-order valence-corrected chi connectivity index (χ0v) is 23.3. The minimum Gasteiger partial charge on any atom is -0.476 e. The largest absolute Gasteiger partial charge is 0.573 e. The van der Waals surface area contributed by atoms with Crippen molar-refractivity contribution >= 4 is 24.3 Å². The van der Waals surface area contributed by atoms with Crippen LogP contribution in [0.4, 0.5) is 23.8 Å². The molecule has 13 heteroatoms. The average molecular weight is 584 g/mol. The number of benzene rings is 2. The lowest BCUT2D eigenvalue weighted by Gasteiger charge is -2.16. The van der Waals surface area contributed by atoms with Gasteiger partial charge in [0.25, 0.3) is 0 Å². The van der Waals surface area contributed by atoms with E-state index in [9.17, 15) is 18.0 Å². The van der Waals surface area contributed by atoms with E-state index in [1.54, 1.807) is 11.6 Å². The predicted molar refractivity (Wildman–Crippen MR) is 146 cm³/mol. The molecular formula is C27H33ClF3N5O4. The van der Waals surface area contributed by atoms with Crippen LogP contribution in [0.15, 0.2) is 48.5 Å². The number of urea groups is 1. The van der Waals surface area contributed by atoms with Crippen LogP contribution in [0.2, 0.25) is 0 Å². The predicted octanol–water partition coefficient (Wildman–Crippen LogP) is 5.30. The fourth-order valence-electron chi connectivity index (χ4n) is 4.45. The molecule has 1 aliphatic heterocycles. The molecule has 40 heavy (non-hydrogen) atoms. The van der Waals surface area contributed by atoms with Crippen LogP contribution < -0.4 is 20.1 Å². The minimum atomic E-state index is -4.87. The van der Waals surface area contributed by atoms with Gasteiger partial charge in [0, 0.05) is 31.7 Å². The van der Waals surface area contributed by atoms with Crippen LogP contribution in [-0.2, 0) is 17.9 Å². The molecule has 0 radical (unpaired) electrons. The van der Waals surface area contributed by atoms with Crippen LogP contribution in [0.5, 0.6) is 11.6 Å². The van der Waals surface area contributed by atoms with Crippen molar-refractivity contribution in [2.45, 2.75) is 32.9 Å². The molecule has 2 aromatic carbocycles. The lowest BCUT2D eigenvalue weighted by atomic mass is 10.1. The fraction of sp³-hybridized carbons (Fsp3) is 0.407. The molecular weight excluding hydrogens is 551 g/mol. The van der Waals surface area contributed by atoms with Gasteiger partial charge in [0.1, 0.15) is 11.6 Å². The maximum atomic E-state index is 12.9. The Bertz CT molecular complexity index is 1270. The maximum Gasteiger partial charge on any atom is 0.573 e. The van der Waals surface area contributed by atoms with Crippen molar-refractivity contribution in [3.63, 3.8) is 0 Å². The average Bonchev–Trinajstić information content (AvgIpc) is 3.45. The summed E-state index contributed by atoms with van der Waals surface area (Å²) in [6.07, 6.45) is -3.84. The van der Waals surface area contributed by atoms with Crippen LogP contribution >= 0.6 is 12.4 Å². The number of nitrogens with zero attached hydrogens (tertiary/aromatic N) is 3. The number of likely N-dealkylation sites (tertiary alicyclic amines) is 1. The molecule has 1 aromatic heterocycles. The standard InChI is InChI=1S/C27H32F3N5O4.ClH/c1-18-24(32-26(36)31-14-21-13-19(16-37-3)9-10-23(21)39-27(28,29)30)35(22-7-5-4-6-8-22)33-25(18)38-17-20-11-12-34(2)15-20;/h4-10,13,20H,11-12,14-17H2,1-3H3,(H2,31,32,36);1H. The number of rotatable bonds is 10. The van der Waals surface area contributed by atoms with Gasteiger partial charge in [0.15, 0.2) is 0 Å². The van der Waals surface area contributed by atoms with Gasteiger partial charge in [-0.2, -0.15) is 0 Å². The van der Waals surface area contributed by atoms with Crippen LogP contribution in [0.3, 0.4) is 0 Å². The summed E-state index contributed by atoms with van der Waals surface area (Å²) in [5.74, 6) is 0.772. The van der Waals surface area contributed by atoms with Gasteiger partial charge in [-0.05, 0) is 56.8 Å². The van der Waals surface area contributed by atoms with Crippen LogP contribution in [0, 0.1) is 12.8 Å². The first-order valence-electron chi connectivity index (χ1n) is 12.5. The highest BCUT2D eigenvalue weighted by atomic mass is 35.5. The maximum absolute atomic E-state index is 12.9. The van der Waals surface area contributed by atoms with E-state index in [2.05, 4.69) is 32.4 Å². The van der Waals surface area contributed by atoms with Crippen LogP contribution in [-0.4, -0.2) is 60.9 Å². The fourth-order valence-corrected chi connectivity index (χ4v) is 4.45. The molecule has 0 aliphatic carbocycles. The zero-order chi connectivity index (χ0) is 28.0. The number of halogens is 4. The molecule has 1 unspecified atom stereocenters. The lowest BCUT2D eigenvalue weighted by Crippen LogP contribution is -2.30. The zero-order valence-electron chi connectivity index (χ0n) is 22.5. The first-order chi connectivity index (χ1) is 18.6. The second-order valence-electron chi connectivity index (χ2n) is 9.48. The summed E-state index contributed by atoms with van der Waals surface area (Å²) in [4.78, 5) is 15.2. The van der Waals surface area contributed by atoms with E-state index >= 15 is 0 Å². The Kier molecular flexibility index (Phi) is 10.7. The van der Waals surface area contributed by atoms with Gasteiger partial charge in [-0.3, -0.25) is 5.32 Å². The highest BCUT2D eigenvalue weighted by Gasteiger charge is 2.32. The van der Waals surface area contributed by atoms with E-state index in [0.717, 1.165) is 19.5 Å². The number of alkyl halides is 3. The Morgan fingerprint density at radius 1 is 1.18 bits per heavy atom. The van der Waals surface area contributed by atoms with Crippen molar-refractivity contribution in [3.05, 3.63) is 65.2 Å². The molecule has 2 amide bonds. The summed E-state index contributed by atoms with van der Waals surface area (Å²) < 4.78 is 55.6. The third-order valence-corrected chi connectivity index (χ3v) is 6.36. The number of amides is 2. The highest BCUT2D eigenvalue weighted by Crippen LogP contribution is 2.30. The number of para-hydroxylation sites is 1. The van der Waals surface area contributed by atoms with Crippen molar-refractivity contribution in [3.8, 4) is 17.3 Å². The number of hydrogen-bond acceptors (Lipinski definition) is 6. The van der Waals surface area contributed by atoms with Crippen molar-refractivity contribution in [1.82, 2.24) is 20.0 Å². The first kappa shape index (κ1) is 31.1. The number of hydrogen-bond donors (Lipinski definition) is 2. The second kappa shape index (κ2) is 13.7. The SMILES string of the molecule is COCc1ccc(OC(F)(F)F)c(CNC(=O)Nc2c(C)c(OCC3CCN(C)C3)nn2-c2ccccc2)c1.Cl. The second-order valence-corrected chi connectivity index (χ2v) is 9.48. The summed E-state index contributed by atoms with van der Waals surface area (Å²) in [5, 5.41) is 10.00. The molecule has 1 fully saturated rings. The molecule has 1 aliphatic rings. The molecule has 1 atom stereocenters. The third kappa shape index (κ3) is 8.26. The van der Waals surface area contributed by atoms with Crippen LogP contribution in [0.1, 0.15) is 23.1 Å². The number of nitrogens with one attached hydrogen (secondary N) is 2. The van der Waals surface area contributed by atoms with Gasteiger partial charge in [0.2, 0.25) is 5.88 Å². The quantitative estimate of drug-likeness (QED) is 0.337. The monoisotopic (exact) mass is 583 g/mol. The summed E-state index contributed by atoms with van der Waals surface area (Å²) in [5.41, 5.74) is 2.12. The summed E-state index contributed by atoms with van der Waals surface area (Å²) in [6.45, 7) is 4.23. The van der Waals surface area contributed by atoms with Crippen LogP contribution in [0.25, 0.3) is 5.69 Å². The Labute approximate surface area is 237 Å². The number of carbonyl (C=O) groups is 1. The van der Waals surface area contributed by atoms with E-state index in [0.29, 0.717) is 41.0 Å². The van der Waals surface area contributed by atoms with E-state index in [1.165, 1.54) is 25.3 Å². The Morgan fingerprint density at radius 2 is 1.93 bits per heavy atom. The Balaban J connectivity index is 0.00000441. The lowest BCUT2D eigenvalue weighted by molar-refractivity contribution is -0.274. The molecule has 4 rings (SSSR count). The minimum absolute atomic E-state index is 0. The van der Waals surface area contributed by atoms with E-state index < -0.39 is 18.1 Å². The first-order valence-corrected chi connectivity index (χ1v) is 12.5. The summed E-state index contributed by atoms with van der Waals surface area (Å²) >= 11 is 0. The molecule has 3 aromatic rings. The van der Waals surface area contributed by atoms with Gasteiger partial charge < -0.3 is 24.4 Å². The molecule has 1 saturated heterocycles. The third-order valence-electron chi connectivity index (χ3n) is 6.36. The van der Waals surface area contributed by atoms with Gasteiger partial charge in [-0.15, -0.1) is 30.7 Å². The van der Waals surface area contributed by atoms with Gasteiger partial charge in [0.05, 0.1) is 24.5 Å². The molecule has 0 spiro atoms. The van der Waals surface area contributed by atoms with Crippen molar-refractivity contribution in [1.29, 1.82) is 0 Å². The smallest absolute Gasteiger partial charge is 0.476 e. The van der Waals surface area contributed by atoms with Gasteiger partial charge >= 0.3 is 12.4 Å². The number of aromatic nitrogens is 2. The number of ether oxygens (including phenoxy) is 3. The molecule has 0 saturated carbocycles. The molecule has 9 nitrogen and oxygen atoms in total. The number of carbonyl (C=O) groups excluding carboxylic acids is 1. The topological polar surface area (TPSA) is 89.9 Å². The van der Waals surface area contributed by atoms with E-state index in [-0.39, 0.29) is 31.1 Å².